The number of anilines is 3. The fraction of sp³-hybridized carbons (Fsp3) is 0.312. The number of aliphatic hydroxyl groups excluding tert-OH is 1. The average Bonchev–Trinajstić information content (AvgIpc) is 2.54. The fourth-order valence-electron chi connectivity index (χ4n) is 2.37. The number of pyridine rings is 1. The Morgan fingerprint density at radius 3 is 2.96 bits per heavy atom. The van der Waals surface area contributed by atoms with Crippen molar-refractivity contribution in [1.82, 2.24) is 19.9 Å². The van der Waals surface area contributed by atoms with Crippen molar-refractivity contribution in [2.45, 2.75) is 19.6 Å². The summed E-state index contributed by atoms with van der Waals surface area (Å²) in [4.78, 5) is 15.0. The van der Waals surface area contributed by atoms with Gasteiger partial charge >= 0.3 is 0 Å². The van der Waals surface area contributed by atoms with Crippen LogP contribution in [-0.4, -0.2) is 44.7 Å². The fourth-order valence-corrected chi connectivity index (χ4v) is 2.37. The van der Waals surface area contributed by atoms with Crippen LogP contribution in [0, 0.1) is 0 Å². The predicted octanol–water partition coefficient (Wildman–Crippen LogP) is 1.82. The molecule has 0 aliphatic carbocycles. The first kappa shape index (κ1) is 15.2. The van der Waals surface area contributed by atoms with Crippen molar-refractivity contribution in [3.8, 4) is 0 Å². The topological polar surface area (TPSA) is 86.2 Å². The van der Waals surface area contributed by atoms with Gasteiger partial charge in [-0.05, 0) is 30.8 Å². The molecule has 1 atom stereocenters. The van der Waals surface area contributed by atoms with E-state index in [2.05, 4.69) is 36.6 Å². The van der Waals surface area contributed by atoms with E-state index in [1.54, 1.807) is 25.5 Å². The minimum Gasteiger partial charge on any atom is -0.392 e. The number of aromatic nitrogens is 3. The summed E-state index contributed by atoms with van der Waals surface area (Å²) < 4.78 is 0. The maximum atomic E-state index is 9.53. The Morgan fingerprint density at radius 1 is 1.35 bits per heavy atom. The first-order valence-corrected chi connectivity index (χ1v) is 7.49. The van der Waals surface area contributed by atoms with Crippen LogP contribution in [0.15, 0.2) is 30.9 Å². The van der Waals surface area contributed by atoms with Crippen molar-refractivity contribution in [2.24, 2.45) is 0 Å². The smallest absolute Gasteiger partial charge is 0.150 e. The number of nitrogens with one attached hydrogen (secondary N) is 2. The molecule has 7 heteroatoms. The van der Waals surface area contributed by atoms with Gasteiger partial charge in [-0.2, -0.15) is 0 Å². The standard InChI is InChI=1S/C16H20N6O/c1-11(23)8-19-16-13-10-22(2)6-3-12(13)7-14(21-16)20-15-9-17-4-5-18-15/h3-7,9,11,23H,8,10H2,1-2H3,(H2,18,19,20,21)/t11-/m1/s1. The summed E-state index contributed by atoms with van der Waals surface area (Å²) in [6, 6.07) is 1.99. The van der Waals surface area contributed by atoms with Crippen LogP contribution in [0.3, 0.4) is 0 Å². The van der Waals surface area contributed by atoms with E-state index in [0.29, 0.717) is 18.2 Å². The van der Waals surface area contributed by atoms with Crippen molar-refractivity contribution in [2.75, 3.05) is 24.2 Å². The highest BCUT2D eigenvalue weighted by Gasteiger charge is 2.16. The average molecular weight is 312 g/mol. The summed E-state index contributed by atoms with van der Waals surface area (Å²) in [7, 11) is 2.02. The monoisotopic (exact) mass is 312 g/mol. The first-order valence-electron chi connectivity index (χ1n) is 7.49. The molecule has 7 nitrogen and oxygen atoms in total. The molecule has 0 fully saturated rings. The lowest BCUT2D eigenvalue weighted by molar-refractivity contribution is 0.208. The molecule has 2 aromatic heterocycles. The number of aliphatic hydroxyl groups is 1. The zero-order valence-electron chi connectivity index (χ0n) is 13.2. The number of hydrogen-bond donors (Lipinski definition) is 3. The molecule has 0 unspecified atom stereocenters. The number of hydrogen-bond acceptors (Lipinski definition) is 7. The second-order valence-electron chi connectivity index (χ2n) is 5.60. The molecule has 0 saturated heterocycles. The van der Waals surface area contributed by atoms with Crippen LogP contribution in [0.2, 0.25) is 0 Å². The van der Waals surface area contributed by atoms with Crippen molar-refractivity contribution in [1.29, 1.82) is 0 Å². The molecule has 3 N–H and O–H groups in total. The number of rotatable bonds is 5. The zero-order chi connectivity index (χ0) is 16.2. The van der Waals surface area contributed by atoms with Gasteiger partial charge < -0.3 is 20.6 Å². The molecule has 2 aromatic rings. The van der Waals surface area contributed by atoms with E-state index in [1.807, 2.05) is 19.3 Å². The summed E-state index contributed by atoms with van der Waals surface area (Å²) in [6.07, 6.45) is 8.54. The molecule has 23 heavy (non-hydrogen) atoms. The minimum absolute atomic E-state index is 0.444. The van der Waals surface area contributed by atoms with Gasteiger partial charge in [0.25, 0.3) is 0 Å². The molecule has 0 spiro atoms. The summed E-state index contributed by atoms with van der Waals surface area (Å²) in [5.41, 5.74) is 2.21. The van der Waals surface area contributed by atoms with E-state index in [9.17, 15) is 5.11 Å². The van der Waals surface area contributed by atoms with E-state index >= 15 is 0 Å². The van der Waals surface area contributed by atoms with Gasteiger partial charge in [-0.3, -0.25) is 4.98 Å². The summed E-state index contributed by atoms with van der Waals surface area (Å²) in [5, 5.41) is 15.9. The Balaban J connectivity index is 1.92. The van der Waals surface area contributed by atoms with E-state index in [-0.39, 0.29) is 0 Å². The van der Waals surface area contributed by atoms with Gasteiger partial charge in [-0.15, -0.1) is 0 Å². The molecule has 0 amide bonds. The van der Waals surface area contributed by atoms with Crippen LogP contribution in [0.4, 0.5) is 17.5 Å². The lowest BCUT2D eigenvalue weighted by atomic mass is 10.1. The Labute approximate surface area is 135 Å². The Morgan fingerprint density at radius 2 is 2.22 bits per heavy atom. The lowest BCUT2D eigenvalue weighted by Gasteiger charge is -2.24. The molecule has 0 radical (unpaired) electrons. The van der Waals surface area contributed by atoms with Gasteiger partial charge in [-0.25, -0.2) is 9.97 Å². The second kappa shape index (κ2) is 6.62. The van der Waals surface area contributed by atoms with Gasteiger partial charge in [-0.1, -0.05) is 0 Å². The SMILES string of the molecule is C[C@@H](O)CNc1nc(Nc2cnccn2)cc2c1CN(C)C=C2. The minimum atomic E-state index is -0.444. The van der Waals surface area contributed by atoms with Crippen molar-refractivity contribution in [3.63, 3.8) is 0 Å². The number of fused-ring (bicyclic) bond motifs is 1. The quantitative estimate of drug-likeness (QED) is 0.776. The van der Waals surface area contributed by atoms with Crippen LogP contribution in [-0.2, 0) is 6.54 Å². The van der Waals surface area contributed by atoms with E-state index < -0.39 is 6.10 Å². The lowest BCUT2D eigenvalue weighted by Crippen LogP contribution is -2.21. The van der Waals surface area contributed by atoms with Gasteiger partial charge in [0.2, 0.25) is 0 Å². The van der Waals surface area contributed by atoms with Gasteiger partial charge in [0.05, 0.1) is 12.3 Å². The molecule has 120 valence electrons. The summed E-state index contributed by atoms with van der Waals surface area (Å²) >= 11 is 0. The Bertz CT molecular complexity index is 701. The molecule has 1 aliphatic heterocycles. The summed E-state index contributed by atoms with van der Waals surface area (Å²) in [6.45, 7) is 2.96. The summed E-state index contributed by atoms with van der Waals surface area (Å²) in [5.74, 6) is 2.09. The van der Waals surface area contributed by atoms with E-state index in [1.165, 1.54) is 0 Å². The maximum absolute atomic E-state index is 9.53. The van der Waals surface area contributed by atoms with Crippen LogP contribution in [0.1, 0.15) is 18.1 Å². The first-order chi connectivity index (χ1) is 11.1. The van der Waals surface area contributed by atoms with Crippen LogP contribution >= 0.6 is 0 Å². The third kappa shape index (κ3) is 3.75. The van der Waals surface area contributed by atoms with Crippen molar-refractivity contribution in [3.05, 3.63) is 42.0 Å². The molecule has 0 saturated carbocycles. The highest BCUT2D eigenvalue weighted by molar-refractivity contribution is 5.69. The van der Waals surface area contributed by atoms with E-state index in [0.717, 1.165) is 23.5 Å². The molecule has 0 aromatic carbocycles. The third-order valence-electron chi connectivity index (χ3n) is 3.46. The second-order valence-corrected chi connectivity index (χ2v) is 5.60. The van der Waals surface area contributed by atoms with Gasteiger partial charge in [0.1, 0.15) is 17.5 Å². The van der Waals surface area contributed by atoms with Crippen molar-refractivity contribution >= 4 is 23.5 Å². The predicted molar refractivity (Wildman–Crippen MR) is 90.2 cm³/mol. The molecule has 3 heterocycles. The molecule has 0 bridgehead atoms. The maximum Gasteiger partial charge on any atom is 0.150 e. The Kier molecular flexibility index (Phi) is 4.38. The van der Waals surface area contributed by atoms with Crippen LogP contribution < -0.4 is 10.6 Å². The van der Waals surface area contributed by atoms with Crippen LogP contribution in [0.5, 0.6) is 0 Å². The molecular weight excluding hydrogens is 292 g/mol. The van der Waals surface area contributed by atoms with Crippen molar-refractivity contribution < 1.29 is 5.11 Å². The third-order valence-corrected chi connectivity index (χ3v) is 3.46. The highest BCUT2D eigenvalue weighted by atomic mass is 16.3. The van der Waals surface area contributed by atoms with E-state index in [4.69, 9.17) is 0 Å². The van der Waals surface area contributed by atoms with Gasteiger partial charge in [0, 0.05) is 38.1 Å². The van der Waals surface area contributed by atoms with Crippen LogP contribution in [0.25, 0.3) is 6.08 Å². The zero-order valence-corrected chi connectivity index (χ0v) is 13.2. The molecule has 3 rings (SSSR count). The van der Waals surface area contributed by atoms with Gasteiger partial charge in [0.15, 0.2) is 0 Å². The largest absolute Gasteiger partial charge is 0.392 e. The number of nitrogens with zero attached hydrogens (tertiary/aromatic N) is 4. The highest BCUT2D eigenvalue weighted by Crippen LogP contribution is 2.28. The molecular formula is C16H20N6O. The Hall–Kier alpha value is -2.67. The normalized spacial score (nSPS) is 14.3. The molecule has 1 aliphatic rings.